The molecule has 18 heavy (non-hydrogen) atoms. The molecule has 0 saturated carbocycles. The Morgan fingerprint density at radius 3 is 2.67 bits per heavy atom. The van der Waals surface area contributed by atoms with Crippen molar-refractivity contribution in [3.05, 3.63) is 17.7 Å². The molecular weight excluding hydrogens is 228 g/mol. The third-order valence-electron chi connectivity index (χ3n) is 3.31. The first-order valence-corrected chi connectivity index (χ1v) is 6.33. The number of amides is 1. The Balaban J connectivity index is 2.56. The number of rotatable bonds is 2. The zero-order chi connectivity index (χ0) is 13.3. The monoisotopic (exact) mass is 248 g/mol. The summed E-state index contributed by atoms with van der Waals surface area (Å²) in [4.78, 5) is 14.0. The summed E-state index contributed by atoms with van der Waals surface area (Å²) in [5, 5.41) is 0. The predicted octanol–water partition coefficient (Wildman–Crippen LogP) is 2.36. The molecule has 1 aliphatic heterocycles. The highest BCUT2D eigenvalue weighted by Crippen LogP contribution is 2.35. The largest absolute Gasteiger partial charge is 0.495 e. The molecule has 1 aliphatic rings. The number of hydrogen-bond donors (Lipinski definition) is 1. The maximum absolute atomic E-state index is 12.2. The van der Waals surface area contributed by atoms with Crippen LogP contribution in [0.5, 0.6) is 5.75 Å². The highest BCUT2D eigenvalue weighted by Gasteiger charge is 2.25. The van der Waals surface area contributed by atoms with E-state index < -0.39 is 0 Å². The summed E-state index contributed by atoms with van der Waals surface area (Å²) in [6, 6.07) is 3.96. The van der Waals surface area contributed by atoms with E-state index in [9.17, 15) is 4.79 Å². The smallest absolute Gasteiger partial charge is 0.227 e. The number of nitrogens with zero attached hydrogens (tertiary/aromatic N) is 1. The minimum absolute atomic E-state index is 0.141. The van der Waals surface area contributed by atoms with Gasteiger partial charge < -0.3 is 15.4 Å². The second-order valence-corrected chi connectivity index (χ2v) is 4.93. The number of nitrogens with two attached hydrogens (primary N) is 1. The second kappa shape index (κ2) is 4.88. The van der Waals surface area contributed by atoms with Crippen molar-refractivity contribution in [2.45, 2.75) is 39.2 Å². The second-order valence-electron chi connectivity index (χ2n) is 4.93. The van der Waals surface area contributed by atoms with Crippen LogP contribution in [0.15, 0.2) is 12.1 Å². The quantitative estimate of drug-likeness (QED) is 0.817. The van der Waals surface area contributed by atoms with Gasteiger partial charge in [-0.2, -0.15) is 0 Å². The average molecular weight is 248 g/mol. The lowest BCUT2D eigenvalue weighted by atomic mass is 10.1. The Bertz CT molecular complexity index is 469. The molecule has 0 aliphatic carbocycles. The van der Waals surface area contributed by atoms with E-state index in [-0.39, 0.29) is 11.9 Å². The Labute approximate surface area is 108 Å². The molecule has 2 rings (SSSR count). The van der Waals surface area contributed by atoms with E-state index in [1.165, 1.54) is 0 Å². The van der Waals surface area contributed by atoms with Crippen molar-refractivity contribution in [1.82, 2.24) is 0 Å². The third-order valence-corrected chi connectivity index (χ3v) is 3.31. The van der Waals surface area contributed by atoms with Gasteiger partial charge in [-0.1, -0.05) is 0 Å². The summed E-state index contributed by atoms with van der Waals surface area (Å²) >= 11 is 0. The molecule has 1 aromatic carbocycles. The number of anilines is 2. The van der Waals surface area contributed by atoms with Gasteiger partial charge in [0.2, 0.25) is 5.91 Å². The van der Waals surface area contributed by atoms with Crippen molar-refractivity contribution >= 4 is 17.3 Å². The molecule has 4 nitrogen and oxygen atoms in total. The number of benzene rings is 1. The maximum atomic E-state index is 12.2. The van der Waals surface area contributed by atoms with Crippen LogP contribution in [-0.2, 0) is 11.2 Å². The first-order valence-electron chi connectivity index (χ1n) is 6.33. The number of carbonyl (C=O) groups is 1. The molecule has 1 amide bonds. The number of fused-ring (bicyclic) bond motifs is 1. The number of aryl methyl sites for hydroxylation is 1. The third kappa shape index (κ3) is 2.15. The molecule has 98 valence electrons. The van der Waals surface area contributed by atoms with Crippen molar-refractivity contribution in [2.24, 2.45) is 0 Å². The summed E-state index contributed by atoms with van der Waals surface area (Å²) in [6.45, 7) is 4.05. The van der Waals surface area contributed by atoms with Gasteiger partial charge in [-0.15, -0.1) is 0 Å². The lowest BCUT2D eigenvalue weighted by Crippen LogP contribution is -2.36. The Hall–Kier alpha value is -1.71. The Morgan fingerprint density at radius 2 is 2.06 bits per heavy atom. The number of hydrogen-bond acceptors (Lipinski definition) is 3. The number of nitrogen functional groups attached to an aromatic ring is 1. The fourth-order valence-electron chi connectivity index (χ4n) is 2.49. The number of carbonyl (C=O) groups excluding carboxylic acids is 1. The van der Waals surface area contributed by atoms with E-state index in [1.54, 1.807) is 7.11 Å². The van der Waals surface area contributed by atoms with Gasteiger partial charge >= 0.3 is 0 Å². The van der Waals surface area contributed by atoms with Gasteiger partial charge in [0.05, 0.1) is 18.5 Å². The SMILES string of the molecule is COc1cc2c(cc1N)CCCC(=O)N2C(C)C. The molecule has 1 heterocycles. The van der Waals surface area contributed by atoms with Crippen molar-refractivity contribution < 1.29 is 9.53 Å². The predicted molar refractivity (Wildman–Crippen MR) is 73.0 cm³/mol. The van der Waals surface area contributed by atoms with Crippen LogP contribution in [0.1, 0.15) is 32.3 Å². The number of ether oxygens (including phenoxy) is 1. The molecule has 0 aromatic heterocycles. The molecular formula is C14H20N2O2. The average Bonchev–Trinajstić information content (AvgIpc) is 2.46. The van der Waals surface area contributed by atoms with Crippen molar-refractivity contribution in [3.8, 4) is 5.75 Å². The maximum Gasteiger partial charge on any atom is 0.227 e. The van der Waals surface area contributed by atoms with Gasteiger partial charge in [0.25, 0.3) is 0 Å². The molecule has 1 aromatic rings. The first-order chi connectivity index (χ1) is 8.54. The van der Waals surface area contributed by atoms with Gasteiger partial charge in [-0.3, -0.25) is 4.79 Å². The Kier molecular flexibility index (Phi) is 3.45. The lowest BCUT2D eigenvalue weighted by molar-refractivity contribution is -0.118. The van der Waals surface area contributed by atoms with Crippen LogP contribution in [0.25, 0.3) is 0 Å². The zero-order valence-corrected chi connectivity index (χ0v) is 11.2. The summed E-state index contributed by atoms with van der Waals surface area (Å²) in [5.74, 6) is 0.810. The van der Waals surface area contributed by atoms with Crippen molar-refractivity contribution in [3.63, 3.8) is 0 Å². The van der Waals surface area contributed by atoms with Crippen LogP contribution in [0.3, 0.4) is 0 Å². The van der Waals surface area contributed by atoms with Crippen LogP contribution >= 0.6 is 0 Å². The highest BCUT2D eigenvalue weighted by molar-refractivity contribution is 5.96. The standard InChI is InChI=1S/C14H20N2O2/c1-9(2)16-12-8-13(18-3)11(15)7-10(12)5-4-6-14(16)17/h7-9H,4-6,15H2,1-3H3. The van der Waals surface area contributed by atoms with E-state index in [0.717, 1.165) is 24.1 Å². The van der Waals surface area contributed by atoms with Crippen LogP contribution in [-0.4, -0.2) is 19.1 Å². The van der Waals surface area contributed by atoms with E-state index in [0.29, 0.717) is 17.9 Å². The number of methoxy groups -OCH3 is 1. The van der Waals surface area contributed by atoms with E-state index in [2.05, 4.69) is 0 Å². The molecule has 0 unspecified atom stereocenters. The molecule has 0 radical (unpaired) electrons. The zero-order valence-electron chi connectivity index (χ0n) is 11.2. The first kappa shape index (κ1) is 12.7. The molecule has 0 fully saturated rings. The van der Waals surface area contributed by atoms with Crippen LogP contribution in [0.4, 0.5) is 11.4 Å². The van der Waals surface area contributed by atoms with E-state index in [1.807, 2.05) is 30.9 Å². The van der Waals surface area contributed by atoms with Gasteiger partial charge in [0.1, 0.15) is 5.75 Å². The van der Waals surface area contributed by atoms with Gasteiger partial charge in [-0.25, -0.2) is 0 Å². The van der Waals surface area contributed by atoms with E-state index >= 15 is 0 Å². The van der Waals surface area contributed by atoms with Crippen molar-refractivity contribution in [2.75, 3.05) is 17.7 Å². The minimum Gasteiger partial charge on any atom is -0.495 e. The van der Waals surface area contributed by atoms with E-state index in [4.69, 9.17) is 10.5 Å². The molecule has 0 saturated heterocycles. The van der Waals surface area contributed by atoms with Gasteiger partial charge in [0, 0.05) is 18.5 Å². The molecule has 0 atom stereocenters. The van der Waals surface area contributed by atoms with Crippen LogP contribution < -0.4 is 15.4 Å². The fourth-order valence-corrected chi connectivity index (χ4v) is 2.49. The molecule has 0 spiro atoms. The summed E-state index contributed by atoms with van der Waals surface area (Å²) < 4.78 is 5.25. The lowest BCUT2D eigenvalue weighted by Gasteiger charge is -2.27. The topological polar surface area (TPSA) is 55.6 Å². The summed E-state index contributed by atoms with van der Waals surface area (Å²) in [7, 11) is 1.59. The van der Waals surface area contributed by atoms with Gasteiger partial charge in [-0.05, 0) is 38.3 Å². The van der Waals surface area contributed by atoms with Crippen LogP contribution in [0.2, 0.25) is 0 Å². The van der Waals surface area contributed by atoms with Gasteiger partial charge in [0.15, 0.2) is 0 Å². The minimum atomic E-state index is 0.141. The van der Waals surface area contributed by atoms with Crippen molar-refractivity contribution in [1.29, 1.82) is 0 Å². The summed E-state index contributed by atoms with van der Waals surface area (Å²) in [6.07, 6.45) is 2.36. The fraction of sp³-hybridized carbons (Fsp3) is 0.500. The normalized spacial score (nSPS) is 15.6. The van der Waals surface area contributed by atoms with Crippen LogP contribution in [0, 0.1) is 0 Å². The Morgan fingerprint density at radius 1 is 1.33 bits per heavy atom. The summed E-state index contributed by atoms with van der Waals surface area (Å²) in [5.41, 5.74) is 8.64. The molecule has 2 N–H and O–H groups in total. The highest BCUT2D eigenvalue weighted by atomic mass is 16.5. The molecule has 4 heteroatoms. The molecule has 0 bridgehead atoms.